The van der Waals surface area contributed by atoms with Crippen LogP contribution in [0, 0.1) is 13.8 Å². The number of nitrogens with one attached hydrogen (secondary N) is 2. The molecule has 26 heavy (non-hydrogen) atoms. The summed E-state index contributed by atoms with van der Waals surface area (Å²) < 4.78 is 12.2. The summed E-state index contributed by atoms with van der Waals surface area (Å²) in [5.41, 5.74) is 7.39. The van der Waals surface area contributed by atoms with Crippen LogP contribution in [0.5, 0.6) is 11.5 Å². The van der Waals surface area contributed by atoms with E-state index in [2.05, 4.69) is 16.0 Å². The monoisotopic (exact) mass is 360 g/mol. The number of benzene rings is 1. The number of carbonyl (C=O) groups is 2. The van der Waals surface area contributed by atoms with Crippen molar-refractivity contribution in [1.82, 2.24) is 20.6 Å². The van der Waals surface area contributed by atoms with Crippen LogP contribution in [-0.4, -0.2) is 35.8 Å². The van der Waals surface area contributed by atoms with Crippen LogP contribution in [0.2, 0.25) is 0 Å². The Morgan fingerprint density at radius 3 is 2.46 bits per heavy atom. The number of hydrazine groups is 1. The Bertz CT molecular complexity index is 785. The van der Waals surface area contributed by atoms with Gasteiger partial charge in [-0.1, -0.05) is 12.1 Å². The van der Waals surface area contributed by atoms with Crippen LogP contribution in [0.15, 0.2) is 24.3 Å². The first kappa shape index (κ1) is 19.3. The number of aromatic nitrogens is 2. The van der Waals surface area contributed by atoms with E-state index in [9.17, 15) is 9.59 Å². The average molecular weight is 360 g/mol. The molecule has 8 nitrogen and oxygen atoms in total. The minimum Gasteiger partial charge on any atom is -0.493 e. The van der Waals surface area contributed by atoms with E-state index in [-0.39, 0.29) is 24.8 Å². The van der Waals surface area contributed by atoms with Crippen LogP contribution >= 0.6 is 0 Å². The summed E-state index contributed by atoms with van der Waals surface area (Å²) in [6.07, 6.45) is 0.656. The second-order valence-corrected chi connectivity index (χ2v) is 5.83. The highest BCUT2D eigenvalue weighted by Gasteiger charge is 2.12. The Kier molecular flexibility index (Phi) is 6.60. The van der Waals surface area contributed by atoms with Crippen LogP contribution < -0.4 is 20.3 Å². The van der Waals surface area contributed by atoms with Gasteiger partial charge < -0.3 is 9.47 Å². The number of hydrogen-bond donors (Lipinski definition) is 2. The van der Waals surface area contributed by atoms with Crippen LogP contribution in [0.4, 0.5) is 0 Å². The van der Waals surface area contributed by atoms with Crippen molar-refractivity contribution in [2.75, 3.05) is 14.2 Å². The minimum atomic E-state index is -0.344. The zero-order valence-corrected chi connectivity index (χ0v) is 15.5. The van der Waals surface area contributed by atoms with Gasteiger partial charge in [0.05, 0.1) is 19.9 Å². The van der Waals surface area contributed by atoms with Crippen molar-refractivity contribution < 1.29 is 19.1 Å². The second kappa shape index (κ2) is 8.89. The number of aryl methyl sites for hydroxylation is 3. The molecular weight excluding hydrogens is 336 g/mol. The largest absolute Gasteiger partial charge is 0.493 e. The molecule has 0 unspecified atom stereocenters. The molecule has 0 fully saturated rings. The molecule has 1 aromatic heterocycles. The van der Waals surface area contributed by atoms with Gasteiger partial charge in [0.2, 0.25) is 5.91 Å². The van der Waals surface area contributed by atoms with Gasteiger partial charge in [-0.15, -0.1) is 0 Å². The molecule has 2 amide bonds. The first-order valence-corrected chi connectivity index (χ1v) is 8.23. The van der Waals surface area contributed by atoms with E-state index < -0.39 is 0 Å². The lowest BCUT2D eigenvalue weighted by molar-refractivity contribution is -0.129. The van der Waals surface area contributed by atoms with Gasteiger partial charge in [-0.05, 0) is 38.0 Å². The van der Waals surface area contributed by atoms with Crippen molar-refractivity contribution in [3.8, 4) is 11.5 Å². The van der Waals surface area contributed by atoms with Gasteiger partial charge in [-0.3, -0.25) is 25.1 Å². The maximum absolute atomic E-state index is 12.0. The van der Waals surface area contributed by atoms with Crippen molar-refractivity contribution in [2.24, 2.45) is 0 Å². The highest BCUT2D eigenvalue weighted by molar-refractivity contribution is 5.82. The van der Waals surface area contributed by atoms with Crippen molar-refractivity contribution in [3.63, 3.8) is 0 Å². The Labute approximate surface area is 152 Å². The Morgan fingerprint density at radius 1 is 1.12 bits per heavy atom. The van der Waals surface area contributed by atoms with Gasteiger partial charge in [0, 0.05) is 12.1 Å². The number of para-hydroxylation sites is 1. The zero-order valence-electron chi connectivity index (χ0n) is 15.5. The van der Waals surface area contributed by atoms with E-state index in [0.29, 0.717) is 17.9 Å². The molecular formula is C18H24N4O4. The third-order valence-electron chi connectivity index (χ3n) is 3.84. The molecule has 0 saturated carbocycles. The molecule has 2 rings (SSSR count). The van der Waals surface area contributed by atoms with Crippen LogP contribution in [0.3, 0.4) is 0 Å². The molecule has 2 N–H and O–H groups in total. The highest BCUT2D eigenvalue weighted by atomic mass is 16.5. The summed E-state index contributed by atoms with van der Waals surface area (Å²) in [4.78, 5) is 23.9. The third-order valence-corrected chi connectivity index (χ3v) is 3.84. The molecule has 0 atom stereocenters. The number of methoxy groups -OCH3 is 2. The van der Waals surface area contributed by atoms with Gasteiger partial charge in [0.25, 0.3) is 5.91 Å². The maximum atomic E-state index is 12.0. The summed E-state index contributed by atoms with van der Waals surface area (Å²) in [5, 5.41) is 4.21. The Balaban J connectivity index is 1.82. The fourth-order valence-corrected chi connectivity index (χ4v) is 2.61. The van der Waals surface area contributed by atoms with Crippen LogP contribution in [0.25, 0.3) is 0 Å². The summed E-state index contributed by atoms with van der Waals surface area (Å²) in [6.45, 7) is 3.77. The lowest BCUT2D eigenvalue weighted by Gasteiger charge is -2.12. The summed E-state index contributed by atoms with van der Waals surface area (Å²) in [7, 11) is 3.12. The van der Waals surface area contributed by atoms with Crippen molar-refractivity contribution in [2.45, 2.75) is 33.2 Å². The fourth-order valence-electron chi connectivity index (χ4n) is 2.61. The van der Waals surface area contributed by atoms with E-state index in [0.717, 1.165) is 17.0 Å². The van der Waals surface area contributed by atoms with Gasteiger partial charge in [-0.2, -0.15) is 5.10 Å². The van der Waals surface area contributed by atoms with E-state index in [4.69, 9.17) is 9.47 Å². The Hall–Kier alpha value is -3.03. The van der Waals surface area contributed by atoms with Gasteiger partial charge in [0.1, 0.15) is 6.54 Å². The van der Waals surface area contributed by atoms with Gasteiger partial charge in [-0.25, -0.2) is 0 Å². The molecule has 0 spiro atoms. The lowest BCUT2D eigenvalue weighted by atomic mass is 10.1. The number of carbonyl (C=O) groups excluding carboxylic acids is 2. The molecule has 0 aliphatic heterocycles. The van der Waals surface area contributed by atoms with Gasteiger partial charge >= 0.3 is 0 Å². The highest BCUT2D eigenvalue weighted by Crippen LogP contribution is 2.31. The van der Waals surface area contributed by atoms with Crippen LogP contribution in [0.1, 0.15) is 23.4 Å². The quantitative estimate of drug-likeness (QED) is 0.726. The van der Waals surface area contributed by atoms with E-state index in [1.54, 1.807) is 25.0 Å². The molecule has 1 aromatic carbocycles. The average Bonchev–Trinajstić information content (AvgIpc) is 2.94. The number of rotatable bonds is 7. The molecule has 0 saturated heterocycles. The number of nitrogens with zero attached hydrogens (tertiary/aromatic N) is 2. The number of hydrogen-bond acceptors (Lipinski definition) is 5. The molecule has 0 radical (unpaired) electrons. The summed E-state index contributed by atoms with van der Waals surface area (Å²) >= 11 is 0. The minimum absolute atomic E-state index is 0.0453. The van der Waals surface area contributed by atoms with E-state index in [1.165, 1.54) is 0 Å². The Morgan fingerprint density at radius 2 is 1.85 bits per heavy atom. The predicted molar refractivity (Wildman–Crippen MR) is 95.9 cm³/mol. The number of amides is 2. The molecule has 2 aromatic rings. The standard InChI is InChI=1S/C18H24N4O4/c1-12-10-13(2)22(21-12)11-17(24)20-19-16(23)9-8-14-6-5-7-15(25-3)18(14)26-4/h5-7,10H,8-9,11H2,1-4H3,(H,19,23)(H,20,24). The van der Waals surface area contributed by atoms with Crippen molar-refractivity contribution in [3.05, 3.63) is 41.2 Å². The van der Waals surface area contributed by atoms with Crippen molar-refractivity contribution >= 4 is 11.8 Å². The summed E-state index contributed by atoms with van der Waals surface area (Å²) in [5.74, 6) is 0.583. The van der Waals surface area contributed by atoms with Crippen molar-refractivity contribution in [1.29, 1.82) is 0 Å². The fraction of sp³-hybridized carbons (Fsp3) is 0.389. The normalized spacial score (nSPS) is 10.3. The topological polar surface area (TPSA) is 94.5 Å². The summed E-state index contributed by atoms with van der Waals surface area (Å²) in [6, 6.07) is 7.38. The molecule has 0 aliphatic rings. The second-order valence-electron chi connectivity index (χ2n) is 5.83. The van der Waals surface area contributed by atoms with Crippen LogP contribution in [-0.2, 0) is 22.6 Å². The smallest absolute Gasteiger partial charge is 0.260 e. The molecule has 0 aliphatic carbocycles. The van der Waals surface area contributed by atoms with Gasteiger partial charge in [0.15, 0.2) is 11.5 Å². The first-order valence-electron chi connectivity index (χ1n) is 8.23. The third kappa shape index (κ3) is 4.98. The first-order chi connectivity index (χ1) is 12.4. The zero-order chi connectivity index (χ0) is 19.1. The maximum Gasteiger partial charge on any atom is 0.260 e. The molecule has 1 heterocycles. The molecule has 140 valence electrons. The predicted octanol–water partition coefficient (Wildman–Crippen LogP) is 1.30. The van der Waals surface area contributed by atoms with E-state index >= 15 is 0 Å². The lowest BCUT2D eigenvalue weighted by Crippen LogP contribution is -2.43. The SMILES string of the molecule is COc1cccc(CCC(=O)NNC(=O)Cn2nc(C)cc2C)c1OC. The number of ether oxygens (including phenoxy) is 2. The molecule has 0 bridgehead atoms. The molecule has 8 heteroatoms. The van der Waals surface area contributed by atoms with E-state index in [1.807, 2.05) is 32.0 Å².